The second-order valence-corrected chi connectivity index (χ2v) is 16.5. The Bertz CT molecular complexity index is 2150. The first kappa shape index (κ1) is 27.2. The molecular weight excluding hydrogens is 561 g/mol. The largest absolute Gasteiger partial charge is 0.237 e. The fraction of sp³-hybridized carbons (Fsp3) is 0.0476. The number of aromatic nitrogens is 2. The zero-order valence-electron chi connectivity index (χ0n) is 25.4. The summed E-state index contributed by atoms with van der Waals surface area (Å²) in [7, 11) is -2.04. The molecule has 3 heteroatoms. The second-order valence-electron chi connectivity index (χ2n) is 12.3. The third-order valence-corrected chi connectivity index (χ3v) is 12.4. The minimum absolute atomic E-state index is 0.785. The summed E-state index contributed by atoms with van der Waals surface area (Å²) in [6.07, 6.45) is 0. The molecule has 214 valence electrons. The highest BCUT2D eigenvalue weighted by Gasteiger charge is 2.41. The van der Waals surface area contributed by atoms with E-state index in [2.05, 4.69) is 171 Å². The summed E-state index contributed by atoms with van der Waals surface area (Å²) in [5.41, 5.74) is 12.9. The van der Waals surface area contributed by atoms with Crippen LogP contribution in [0.25, 0.3) is 67.2 Å². The van der Waals surface area contributed by atoms with Gasteiger partial charge in [0.15, 0.2) is 5.82 Å². The van der Waals surface area contributed by atoms with Crippen molar-refractivity contribution in [1.82, 2.24) is 9.97 Å². The lowest BCUT2D eigenvalue weighted by atomic mass is 9.97. The van der Waals surface area contributed by atoms with Crippen LogP contribution >= 0.6 is 0 Å². The summed E-state index contributed by atoms with van der Waals surface area (Å²) in [4.78, 5) is 10.7. The Morgan fingerprint density at radius 2 is 0.867 bits per heavy atom. The van der Waals surface area contributed by atoms with Gasteiger partial charge in [-0.3, -0.25) is 0 Å². The Morgan fingerprint density at radius 3 is 1.49 bits per heavy atom. The molecule has 2 heterocycles. The monoisotopic (exact) mass is 592 g/mol. The maximum Gasteiger partial charge on any atom is 0.159 e. The molecule has 2 nitrogen and oxygen atoms in total. The van der Waals surface area contributed by atoms with Gasteiger partial charge in [-0.05, 0) is 50.2 Å². The van der Waals surface area contributed by atoms with Crippen LogP contribution in [0.1, 0.15) is 0 Å². The molecule has 0 unspecified atom stereocenters. The van der Waals surface area contributed by atoms with Crippen molar-refractivity contribution in [2.75, 3.05) is 0 Å². The second kappa shape index (κ2) is 11.0. The van der Waals surface area contributed by atoms with Gasteiger partial charge >= 0.3 is 0 Å². The molecule has 45 heavy (non-hydrogen) atoms. The lowest BCUT2D eigenvalue weighted by Crippen LogP contribution is -2.50. The van der Waals surface area contributed by atoms with E-state index < -0.39 is 8.07 Å². The molecule has 1 aliphatic heterocycles. The quantitative estimate of drug-likeness (QED) is 0.186. The Kier molecular flexibility index (Phi) is 6.62. The van der Waals surface area contributed by atoms with Gasteiger partial charge in [-0.1, -0.05) is 165 Å². The molecule has 6 aromatic carbocycles. The Hall–Kier alpha value is -5.38. The highest BCUT2D eigenvalue weighted by molar-refractivity contribution is 7.03. The summed E-state index contributed by atoms with van der Waals surface area (Å²) in [6, 6.07) is 56.2. The fourth-order valence-electron chi connectivity index (χ4n) is 6.65. The smallest absolute Gasteiger partial charge is 0.159 e. The first-order chi connectivity index (χ1) is 22.1. The molecule has 0 atom stereocenters. The number of benzene rings is 6. The molecule has 0 bridgehead atoms. The maximum atomic E-state index is 5.36. The first-order valence-electron chi connectivity index (χ1n) is 15.5. The van der Waals surface area contributed by atoms with Crippen LogP contribution in [0, 0.1) is 0 Å². The zero-order valence-corrected chi connectivity index (χ0v) is 26.4. The Labute approximate surface area is 265 Å². The van der Waals surface area contributed by atoms with Crippen LogP contribution in [0.2, 0.25) is 13.1 Å². The third-order valence-electron chi connectivity index (χ3n) is 9.08. The lowest BCUT2D eigenvalue weighted by Gasteiger charge is -2.19. The third kappa shape index (κ3) is 4.82. The molecule has 8 rings (SSSR count). The van der Waals surface area contributed by atoms with Crippen LogP contribution in [0.3, 0.4) is 0 Å². The predicted molar refractivity (Wildman–Crippen MR) is 191 cm³/mol. The van der Waals surface area contributed by atoms with Crippen molar-refractivity contribution in [3.63, 3.8) is 0 Å². The molecule has 0 radical (unpaired) electrons. The highest BCUT2D eigenvalue weighted by Crippen LogP contribution is 2.37. The summed E-state index contributed by atoms with van der Waals surface area (Å²) >= 11 is 0. The van der Waals surface area contributed by atoms with E-state index in [0.717, 1.165) is 22.6 Å². The molecule has 0 spiro atoms. The van der Waals surface area contributed by atoms with Crippen molar-refractivity contribution in [1.29, 1.82) is 0 Å². The summed E-state index contributed by atoms with van der Waals surface area (Å²) in [5.74, 6) is 0.785. The zero-order chi connectivity index (χ0) is 30.4. The number of fused-ring (bicyclic) bond motifs is 3. The summed E-state index contributed by atoms with van der Waals surface area (Å²) in [6.45, 7) is 4.83. The number of rotatable bonds is 5. The lowest BCUT2D eigenvalue weighted by molar-refractivity contribution is 1.21. The van der Waals surface area contributed by atoms with Gasteiger partial charge in [0, 0.05) is 22.0 Å². The van der Waals surface area contributed by atoms with Crippen molar-refractivity contribution in [3.05, 3.63) is 158 Å². The van der Waals surface area contributed by atoms with Crippen LogP contribution in [-0.4, -0.2) is 18.0 Å². The molecule has 0 N–H and O–H groups in total. The van der Waals surface area contributed by atoms with Crippen LogP contribution < -0.4 is 10.5 Å². The number of hydrogen-bond acceptors (Lipinski definition) is 2. The van der Waals surface area contributed by atoms with Gasteiger partial charge < -0.3 is 0 Å². The van der Waals surface area contributed by atoms with Crippen LogP contribution in [0.5, 0.6) is 0 Å². The highest BCUT2D eigenvalue weighted by atomic mass is 28.3. The van der Waals surface area contributed by atoms with Gasteiger partial charge in [0.25, 0.3) is 0 Å². The molecule has 1 aromatic heterocycles. The van der Waals surface area contributed by atoms with Gasteiger partial charge in [0.2, 0.25) is 0 Å². The molecular formula is C42H32N2Si. The van der Waals surface area contributed by atoms with Crippen molar-refractivity contribution >= 4 is 18.6 Å². The van der Waals surface area contributed by atoms with E-state index >= 15 is 0 Å². The van der Waals surface area contributed by atoms with Gasteiger partial charge in [-0.2, -0.15) is 0 Å². The maximum absolute atomic E-state index is 5.36. The van der Waals surface area contributed by atoms with Gasteiger partial charge in [-0.25, -0.2) is 9.97 Å². The predicted octanol–water partition coefficient (Wildman–Crippen LogP) is 9.61. The average molecular weight is 593 g/mol. The molecule has 0 fully saturated rings. The number of hydrogen-bond donors (Lipinski definition) is 0. The van der Waals surface area contributed by atoms with Gasteiger partial charge in [0.05, 0.1) is 5.69 Å². The fourth-order valence-corrected chi connectivity index (χ4v) is 9.57. The van der Waals surface area contributed by atoms with Gasteiger partial charge in [0.1, 0.15) is 8.07 Å². The van der Waals surface area contributed by atoms with Crippen LogP contribution in [0.15, 0.2) is 158 Å². The van der Waals surface area contributed by atoms with Crippen LogP contribution in [-0.2, 0) is 0 Å². The van der Waals surface area contributed by atoms with Crippen molar-refractivity contribution in [2.24, 2.45) is 0 Å². The van der Waals surface area contributed by atoms with Gasteiger partial charge in [-0.15, -0.1) is 0 Å². The SMILES string of the molecule is C[Si]1(C)c2ccccc2-c2c(-c3cccc(-c4ccccc4)c3)nc(-c3ccc(-c4ccc(-c5ccccc5)cc4)cc3)nc21. The molecule has 0 aliphatic carbocycles. The summed E-state index contributed by atoms with van der Waals surface area (Å²) < 4.78 is 0. The molecule has 0 saturated carbocycles. The minimum Gasteiger partial charge on any atom is -0.237 e. The standard InChI is InChI=1S/C42H32N2Si/c1-45(2)38-19-10-9-18-37(38)39-40(36-17-11-16-35(28-36)30-14-7-4-8-15-30)43-41(44-42(39)45)34-26-24-33(25-27-34)32-22-20-31(21-23-32)29-12-5-3-6-13-29/h3-28H,1-2H3. The first-order valence-corrected chi connectivity index (χ1v) is 18.5. The van der Waals surface area contributed by atoms with E-state index in [9.17, 15) is 0 Å². The topological polar surface area (TPSA) is 25.8 Å². The Balaban J connectivity index is 1.22. The van der Waals surface area contributed by atoms with E-state index in [0.29, 0.717) is 0 Å². The molecule has 7 aromatic rings. The normalized spacial score (nSPS) is 12.8. The van der Waals surface area contributed by atoms with E-state index in [-0.39, 0.29) is 0 Å². The van der Waals surface area contributed by atoms with E-state index in [1.807, 2.05) is 0 Å². The molecule has 0 amide bonds. The Morgan fingerprint density at radius 1 is 0.400 bits per heavy atom. The van der Waals surface area contributed by atoms with E-state index in [4.69, 9.17) is 9.97 Å². The van der Waals surface area contributed by atoms with E-state index in [1.165, 1.54) is 55.0 Å². The van der Waals surface area contributed by atoms with Crippen molar-refractivity contribution in [3.8, 4) is 67.2 Å². The number of nitrogens with zero attached hydrogens (tertiary/aromatic N) is 2. The van der Waals surface area contributed by atoms with Crippen molar-refractivity contribution in [2.45, 2.75) is 13.1 Å². The van der Waals surface area contributed by atoms with Crippen LogP contribution in [0.4, 0.5) is 0 Å². The summed E-state index contributed by atoms with van der Waals surface area (Å²) in [5, 5.41) is 2.65. The molecule has 1 aliphatic rings. The average Bonchev–Trinajstić information content (AvgIpc) is 3.35. The van der Waals surface area contributed by atoms with E-state index in [1.54, 1.807) is 0 Å². The molecule has 0 saturated heterocycles. The minimum atomic E-state index is -2.04. The van der Waals surface area contributed by atoms with Crippen molar-refractivity contribution < 1.29 is 0 Å².